The zero-order chi connectivity index (χ0) is 14.7. The summed E-state index contributed by atoms with van der Waals surface area (Å²) in [4.78, 5) is 4.66. The summed E-state index contributed by atoms with van der Waals surface area (Å²) in [6.45, 7) is 8.22. The number of hydrogen-bond donors (Lipinski definition) is 1. The van der Waals surface area contributed by atoms with Gasteiger partial charge in [-0.15, -0.1) is 0 Å². The molecule has 0 radical (unpaired) electrons. The number of nitrogens with zero attached hydrogens (tertiary/aromatic N) is 2. The van der Waals surface area contributed by atoms with Gasteiger partial charge in [0, 0.05) is 25.2 Å². The van der Waals surface area contributed by atoms with E-state index in [1.165, 1.54) is 0 Å². The van der Waals surface area contributed by atoms with E-state index in [0.717, 1.165) is 35.8 Å². The maximum atomic E-state index is 5.39. The molecule has 1 aromatic heterocycles. The molecule has 0 saturated carbocycles. The smallest absolute Gasteiger partial charge is 0.203 e. The molecule has 0 atom stereocenters. The van der Waals surface area contributed by atoms with Crippen molar-refractivity contribution in [3.05, 3.63) is 12.1 Å². The minimum absolute atomic E-state index is 0.540. The maximum Gasteiger partial charge on any atom is 0.203 e. The minimum atomic E-state index is 0.540. The standard InChI is InChI=1S/C15H23N3O2/c1-6-16-15-17-11-7-13(19-4)14(20-5)8-12(11)18(15)9-10(2)3/h7-8,10H,6,9H2,1-5H3,(H,16,17). The Morgan fingerprint density at radius 1 is 1.20 bits per heavy atom. The molecule has 0 aliphatic carbocycles. The van der Waals surface area contributed by atoms with Crippen LogP contribution in [0, 0.1) is 5.92 Å². The number of aromatic nitrogens is 2. The van der Waals surface area contributed by atoms with E-state index in [1.807, 2.05) is 12.1 Å². The van der Waals surface area contributed by atoms with Crippen LogP contribution in [0.1, 0.15) is 20.8 Å². The number of imidazole rings is 1. The first-order valence-corrected chi connectivity index (χ1v) is 6.96. The van der Waals surface area contributed by atoms with Crippen molar-refractivity contribution in [1.82, 2.24) is 9.55 Å². The van der Waals surface area contributed by atoms with Crippen LogP contribution in [0.15, 0.2) is 12.1 Å². The predicted octanol–water partition coefficient (Wildman–Crippen LogP) is 3.14. The van der Waals surface area contributed by atoms with E-state index in [1.54, 1.807) is 14.2 Å². The first kappa shape index (κ1) is 14.5. The SMILES string of the molecule is CCNc1nc2cc(OC)c(OC)cc2n1CC(C)C. The van der Waals surface area contributed by atoms with Crippen LogP contribution < -0.4 is 14.8 Å². The molecule has 0 aliphatic heterocycles. The Balaban J connectivity index is 2.61. The highest BCUT2D eigenvalue weighted by Crippen LogP contribution is 2.33. The molecule has 0 unspecified atom stereocenters. The molecule has 0 amide bonds. The Hall–Kier alpha value is -1.91. The van der Waals surface area contributed by atoms with Crippen LogP contribution in [0.25, 0.3) is 11.0 Å². The van der Waals surface area contributed by atoms with Crippen LogP contribution in [-0.2, 0) is 6.54 Å². The van der Waals surface area contributed by atoms with Crippen molar-refractivity contribution in [2.24, 2.45) is 5.92 Å². The molecular weight excluding hydrogens is 254 g/mol. The summed E-state index contributed by atoms with van der Waals surface area (Å²) >= 11 is 0. The number of ether oxygens (including phenoxy) is 2. The van der Waals surface area contributed by atoms with E-state index in [9.17, 15) is 0 Å². The average molecular weight is 277 g/mol. The zero-order valence-corrected chi connectivity index (χ0v) is 12.9. The van der Waals surface area contributed by atoms with Crippen molar-refractivity contribution in [1.29, 1.82) is 0 Å². The normalized spacial score (nSPS) is 11.1. The fourth-order valence-electron chi connectivity index (χ4n) is 2.29. The van der Waals surface area contributed by atoms with E-state index in [2.05, 4.69) is 35.6 Å². The van der Waals surface area contributed by atoms with Crippen molar-refractivity contribution in [3.63, 3.8) is 0 Å². The summed E-state index contributed by atoms with van der Waals surface area (Å²) in [5.41, 5.74) is 1.98. The second-order valence-corrected chi connectivity index (χ2v) is 5.17. The lowest BCUT2D eigenvalue weighted by Crippen LogP contribution is -2.10. The third kappa shape index (κ3) is 2.66. The van der Waals surface area contributed by atoms with Crippen molar-refractivity contribution in [2.45, 2.75) is 27.3 Å². The van der Waals surface area contributed by atoms with Crippen LogP contribution in [0.3, 0.4) is 0 Å². The summed E-state index contributed by atoms with van der Waals surface area (Å²) in [6, 6.07) is 3.91. The molecule has 0 saturated heterocycles. The van der Waals surface area contributed by atoms with Crippen molar-refractivity contribution in [2.75, 3.05) is 26.1 Å². The van der Waals surface area contributed by atoms with Gasteiger partial charge in [0.25, 0.3) is 0 Å². The van der Waals surface area contributed by atoms with Gasteiger partial charge in [0.15, 0.2) is 11.5 Å². The largest absolute Gasteiger partial charge is 0.493 e. The lowest BCUT2D eigenvalue weighted by Gasteiger charge is -2.13. The van der Waals surface area contributed by atoms with Gasteiger partial charge in [-0.3, -0.25) is 0 Å². The molecular formula is C15H23N3O2. The summed E-state index contributed by atoms with van der Waals surface area (Å²) in [7, 11) is 3.29. The Morgan fingerprint density at radius 3 is 2.40 bits per heavy atom. The molecule has 2 rings (SSSR count). The summed E-state index contributed by atoms with van der Waals surface area (Å²) in [6.07, 6.45) is 0. The molecule has 0 spiro atoms. The van der Waals surface area contributed by atoms with Crippen LogP contribution >= 0.6 is 0 Å². The molecule has 0 aliphatic rings. The quantitative estimate of drug-likeness (QED) is 0.881. The summed E-state index contributed by atoms with van der Waals surface area (Å²) < 4.78 is 12.9. The highest BCUT2D eigenvalue weighted by molar-refractivity contribution is 5.82. The lowest BCUT2D eigenvalue weighted by atomic mass is 10.2. The number of anilines is 1. The molecule has 0 bridgehead atoms. The number of benzene rings is 1. The first-order chi connectivity index (χ1) is 9.60. The second-order valence-electron chi connectivity index (χ2n) is 5.17. The van der Waals surface area contributed by atoms with E-state index in [0.29, 0.717) is 11.7 Å². The van der Waals surface area contributed by atoms with Gasteiger partial charge in [0.1, 0.15) is 0 Å². The monoisotopic (exact) mass is 277 g/mol. The van der Waals surface area contributed by atoms with Gasteiger partial charge in [-0.25, -0.2) is 4.98 Å². The lowest BCUT2D eigenvalue weighted by molar-refractivity contribution is 0.355. The van der Waals surface area contributed by atoms with Crippen molar-refractivity contribution in [3.8, 4) is 11.5 Å². The number of methoxy groups -OCH3 is 2. The van der Waals surface area contributed by atoms with Gasteiger partial charge in [0.05, 0.1) is 25.3 Å². The van der Waals surface area contributed by atoms with E-state index >= 15 is 0 Å². The number of nitrogens with one attached hydrogen (secondary N) is 1. The van der Waals surface area contributed by atoms with Gasteiger partial charge in [0.2, 0.25) is 5.95 Å². The molecule has 5 nitrogen and oxygen atoms in total. The van der Waals surface area contributed by atoms with E-state index in [-0.39, 0.29) is 0 Å². The Morgan fingerprint density at radius 2 is 1.85 bits per heavy atom. The highest BCUT2D eigenvalue weighted by Gasteiger charge is 2.15. The van der Waals surface area contributed by atoms with Crippen molar-refractivity contribution >= 4 is 17.0 Å². The van der Waals surface area contributed by atoms with E-state index < -0.39 is 0 Å². The van der Waals surface area contributed by atoms with Gasteiger partial charge in [-0.05, 0) is 12.8 Å². The van der Waals surface area contributed by atoms with Crippen LogP contribution in [0.5, 0.6) is 11.5 Å². The van der Waals surface area contributed by atoms with Crippen molar-refractivity contribution < 1.29 is 9.47 Å². The maximum absolute atomic E-state index is 5.39. The molecule has 5 heteroatoms. The predicted molar refractivity (Wildman–Crippen MR) is 81.8 cm³/mol. The zero-order valence-electron chi connectivity index (χ0n) is 12.9. The highest BCUT2D eigenvalue weighted by atomic mass is 16.5. The fraction of sp³-hybridized carbons (Fsp3) is 0.533. The van der Waals surface area contributed by atoms with E-state index in [4.69, 9.17) is 9.47 Å². The number of hydrogen-bond acceptors (Lipinski definition) is 4. The number of fused-ring (bicyclic) bond motifs is 1. The molecule has 1 aromatic carbocycles. The molecule has 1 N–H and O–H groups in total. The minimum Gasteiger partial charge on any atom is -0.493 e. The second kappa shape index (κ2) is 6.03. The van der Waals surface area contributed by atoms with Gasteiger partial charge in [-0.1, -0.05) is 13.8 Å². The average Bonchev–Trinajstić information content (AvgIpc) is 2.74. The molecule has 0 fully saturated rings. The third-order valence-electron chi connectivity index (χ3n) is 3.14. The Kier molecular flexibility index (Phi) is 4.37. The fourth-order valence-corrected chi connectivity index (χ4v) is 2.29. The molecule has 110 valence electrons. The van der Waals surface area contributed by atoms with Gasteiger partial charge in [-0.2, -0.15) is 0 Å². The molecule has 2 aromatic rings. The summed E-state index contributed by atoms with van der Waals surface area (Å²) in [5.74, 6) is 2.87. The summed E-state index contributed by atoms with van der Waals surface area (Å²) in [5, 5.41) is 3.32. The number of rotatable bonds is 6. The molecule has 20 heavy (non-hydrogen) atoms. The van der Waals surface area contributed by atoms with Crippen LogP contribution in [0.2, 0.25) is 0 Å². The van der Waals surface area contributed by atoms with Crippen LogP contribution in [0.4, 0.5) is 5.95 Å². The Labute approximate surface area is 119 Å². The van der Waals surface area contributed by atoms with Gasteiger partial charge < -0.3 is 19.4 Å². The topological polar surface area (TPSA) is 48.3 Å². The molecule has 1 heterocycles. The Bertz CT molecular complexity index is 590. The first-order valence-electron chi connectivity index (χ1n) is 6.96. The van der Waals surface area contributed by atoms with Crippen LogP contribution in [-0.4, -0.2) is 30.3 Å². The third-order valence-corrected chi connectivity index (χ3v) is 3.14. The van der Waals surface area contributed by atoms with Gasteiger partial charge >= 0.3 is 0 Å².